The number of carboxylic acids is 1. The van der Waals surface area contributed by atoms with Crippen LogP contribution in [0, 0.1) is 6.92 Å². The molecule has 0 aliphatic heterocycles. The molecule has 25 heavy (non-hydrogen) atoms. The summed E-state index contributed by atoms with van der Waals surface area (Å²) in [6.45, 7) is 5.99. The summed E-state index contributed by atoms with van der Waals surface area (Å²) in [6.07, 6.45) is 0. The minimum absolute atomic E-state index is 0.129. The summed E-state index contributed by atoms with van der Waals surface area (Å²) in [6, 6.07) is 7.24. The number of thiazole rings is 1. The zero-order chi connectivity index (χ0) is 18.4. The van der Waals surface area contributed by atoms with E-state index in [4.69, 9.17) is 9.84 Å². The maximum Gasteiger partial charge on any atom is 0.347 e. The molecule has 0 aliphatic rings. The van der Waals surface area contributed by atoms with Gasteiger partial charge in [-0.3, -0.25) is 4.79 Å². The van der Waals surface area contributed by atoms with Crippen molar-refractivity contribution in [1.29, 1.82) is 0 Å². The third kappa shape index (κ3) is 5.47. The molecule has 8 heteroatoms. The van der Waals surface area contributed by atoms with Crippen molar-refractivity contribution in [3.63, 3.8) is 0 Å². The molecule has 1 unspecified atom stereocenters. The van der Waals surface area contributed by atoms with Gasteiger partial charge in [0.25, 0.3) is 0 Å². The molecule has 0 spiro atoms. The van der Waals surface area contributed by atoms with Gasteiger partial charge in [-0.1, -0.05) is 0 Å². The van der Waals surface area contributed by atoms with Crippen LogP contribution in [0.25, 0.3) is 0 Å². The van der Waals surface area contributed by atoms with Gasteiger partial charge < -0.3 is 15.2 Å². The van der Waals surface area contributed by atoms with E-state index in [1.54, 1.807) is 13.8 Å². The first-order chi connectivity index (χ1) is 11.9. The maximum absolute atomic E-state index is 12.1. The number of hydrogen-bond donors (Lipinski definition) is 2. The average Bonchev–Trinajstić information content (AvgIpc) is 2.97. The predicted molar refractivity (Wildman–Crippen MR) is 98.7 cm³/mol. The van der Waals surface area contributed by atoms with E-state index in [1.807, 2.05) is 31.2 Å². The van der Waals surface area contributed by atoms with Gasteiger partial charge in [0.2, 0.25) is 5.91 Å². The van der Waals surface area contributed by atoms with E-state index in [2.05, 4.69) is 10.3 Å². The molecule has 134 valence electrons. The van der Waals surface area contributed by atoms with Gasteiger partial charge in [0.1, 0.15) is 15.6 Å². The molecule has 2 aromatic rings. The number of carboxylic acid groups (broad SMARTS) is 1. The van der Waals surface area contributed by atoms with Crippen molar-refractivity contribution in [3.8, 4) is 5.75 Å². The lowest BCUT2D eigenvalue weighted by molar-refractivity contribution is -0.119. The van der Waals surface area contributed by atoms with Gasteiger partial charge >= 0.3 is 5.97 Å². The van der Waals surface area contributed by atoms with E-state index in [1.165, 1.54) is 11.8 Å². The molecule has 1 atom stereocenters. The normalized spacial score (nSPS) is 11.8. The number of hydrogen-bond acceptors (Lipinski definition) is 6. The Balaban J connectivity index is 1.87. The number of benzene rings is 1. The van der Waals surface area contributed by atoms with E-state index in [0.717, 1.165) is 22.0 Å². The highest BCUT2D eigenvalue weighted by Crippen LogP contribution is 2.24. The van der Waals surface area contributed by atoms with Crippen molar-refractivity contribution in [2.24, 2.45) is 0 Å². The van der Waals surface area contributed by atoms with E-state index in [9.17, 15) is 9.59 Å². The number of rotatable bonds is 8. The quantitative estimate of drug-likeness (QED) is 0.681. The third-order valence-corrected chi connectivity index (χ3v) is 5.60. The molecule has 6 nitrogen and oxygen atoms in total. The second kappa shape index (κ2) is 8.87. The summed E-state index contributed by atoms with van der Waals surface area (Å²) in [5.74, 6) is -0.0469. The predicted octanol–water partition coefficient (Wildman–Crippen LogP) is 3.52. The molecule has 0 fully saturated rings. The van der Waals surface area contributed by atoms with Crippen LogP contribution in [0.4, 0.5) is 0 Å². The van der Waals surface area contributed by atoms with E-state index < -0.39 is 5.97 Å². The highest BCUT2D eigenvalue weighted by molar-refractivity contribution is 8.00. The minimum Gasteiger partial charge on any atom is -0.494 e. The fourth-order valence-electron chi connectivity index (χ4n) is 2.09. The number of aromatic nitrogens is 1. The van der Waals surface area contributed by atoms with Gasteiger partial charge in [-0.05, 0) is 45.0 Å². The van der Waals surface area contributed by atoms with E-state index in [0.29, 0.717) is 17.3 Å². The van der Waals surface area contributed by atoms with Crippen molar-refractivity contribution < 1.29 is 19.4 Å². The number of aromatic carboxylic acids is 1. The van der Waals surface area contributed by atoms with Gasteiger partial charge in [0.05, 0.1) is 24.1 Å². The van der Waals surface area contributed by atoms with Crippen molar-refractivity contribution in [3.05, 3.63) is 39.8 Å². The van der Waals surface area contributed by atoms with Crippen LogP contribution in [0.3, 0.4) is 0 Å². The number of carbonyl (C=O) groups excluding carboxylic acids is 1. The Morgan fingerprint density at radius 3 is 2.60 bits per heavy atom. The molecule has 1 heterocycles. The van der Waals surface area contributed by atoms with Crippen LogP contribution in [0.2, 0.25) is 0 Å². The fourth-order valence-corrected chi connectivity index (χ4v) is 3.71. The zero-order valence-electron chi connectivity index (χ0n) is 14.2. The van der Waals surface area contributed by atoms with Gasteiger partial charge in [0, 0.05) is 4.90 Å². The topological polar surface area (TPSA) is 88.5 Å². The highest BCUT2D eigenvalue weighted by atomic mass is 32.2. The fraction of sp³-hybridized carbons (Fsp3) is 0.353. The number of ether oxygens (including phenoxy) is 1. The molecular formula is C17H20N2O4S2. The lowest BCUT2D eigenvalue weighted by Gasteiger charge is -2.11. The van der Waals surface area contributed by atoms with Crippen LogP contribution < -0.4 is 10.1 Å². The second-order valence-corrected chi connectivity index (χ2v) is 7.33. The Labute approximate surface area is 154 Å². The monoisotopic (exact) mass is 380 g/mol. The molecule has 0 radical (unpaired) electrons. The number of carbonyl (C=O) groups is 2. The van der Waals surface area contributed by atoms with Crippen LogP contribution in [-0.2, 0) is 4.79 Å². The van der Waals surface area contributed by atoms with Crippen LogP contribution in [0.15, 0.2) is 29.2 Å². The van der Waals surface area contributed by atoms with Gasteiger partial charge in [-0.25, -0.2) is 9.78 Å². The largest absolute Gasteiger partial charge is 0.494 e. The van der Waals surface area contributed by atoms with Crippen molar-refractivity contribution in [2.45, 2.75) is 31.7 Å². The maximum atomic E-state index is 12.1. The van der Waals surface area contributed by atoms with Crippen LogP contribution in [0.1, 0.15) is 40.3 Å². The first-order valence-electron chi connectivity index (χ1n) is 7.76. The average molecular weight is 380 g/mol. The number of aryl methyl sites for hydroxylation is 1. The molecule has 1 aromatic carbocycles. The van der Waals surface area contributed by atoms with E-state index in [-0.39, 0.29) is 22.6 Å². The minimum atomic E-state index is -0.995. The zero-order valence-corrected chi connectivity index (χ0v) is 15.9. The van der Waals surface area contributed by atoms with Crippen molar-refractivity contribution in [1.82, 2.24) is 10.3 Å². The molecule has 1 amide bonds. The molecule has 0 saturated carbocycles. The summed E-state index contributed by atoms with van der Waals surface area (Å²) in [7, 11) is 0. The Hall–Kier alpha value is -2.06. The molecule has 2 rings (SSSR count). The van der Waals surface area contributed by atoms with E-state index >= 15 is 0 Å². The lowest BCUT2D eigenvalue weighted by Crippen LogP contribution is -2.28. The molecule has 2 N–H and O–H groups in total. The smallest absolute Gasteiger partial charge is 0.347 e. The number of amides is 1. The summed E-state index contributed by atoms with van der Waals surface area (Å²) < 4.78 is 5.38. The summed E-state index contributed by atoms with van der Waals surface area (Å²) in [4.78, 5) is 28.6. The summed E-state index contributed by atoms with van der Waals surface area (Å²) in [5.41, 5.74) is 0.470. The third-order valence-electron chi connectivity index (χ3n) is 3.26. The molecular weight excluding hydrogens is 360 g/mol. The molecule has 1 aromatic heterocycles. The van der Waals surface area contributed by atoms with Gasteiger partial charge in [-0.2, -0.15) is 0 Å². The Bertz CT molecular complexity index is 744. The van der Waals surface area contributed by atoms with Crippen LogP contribution in [0.5, 0.6) is 5.75 Å². The molecule has 0 saturated heterocycles. The standard InChI is InChI=1S/C17H20N2O4S2/c1-4-23-12-5-7-13(8-6-12)24-9-14(20)18-11(3)16-19-10(2)15(25-16)17(21)22/h5-8,11H,4,9H2,1-3H3,(H,18,20)(H,21,22). The van der Waals surface area contributed by atoms with Gasteiger partial charge in [-0.15, -0.1) is 23.1 Å². The number of thioether (sulfide) groups is 1. The van der Waals surface area contributed by atoms with Crippen LogP contribution >= 0.6 is 23.1 Å². The summed E-state index contributed by atoms with van der Waals surface area (Å²) >= 11 is 2.52. The van der Waals surface area contributed by atoms with Crippen LogP contribution in [-0.4, -0.2) is 34.3 Å². The summed E-state index contributed by atoms with van der Waals surface area (Å²) in [5, 5.41) is 12.5. The SMILES string of the molecule is CCOc1ccc(SCC(=O)NC(C)c2nc(C)c(C(=O)O)s2)cc1. The van der Waals surface area contributed by atoms with Crippen molar-refractivity contribution in [2.75, 3.05) is 12.4 Å². The second-order valence-electron chi connectivity index (χ2n) is 5.25. The lowest BCUT2D eigenvalue weighted by atomic mass is 10.3. The highest BCUT2D eigenvalue weighted by Gasteiger charge is 2.19. The first-order valence-corrected chi connectivity index (χ1v) is 9.56. The molecule has 0 bridgehead atoms. The number of nitrogens with zero attached hydrogens (tertiary/aromatic N) is 1. The van der Waals surface area contributed by atoms with Gasteiger partial charge in [0.15, 0.2) is 0 Å². The molecule has 0 aliphatic carbocycles. The number of nitrogens with one attached hydrogen (secondary N) is 1. The van der Waals surface area contributed by atoms with Crippen molar-refractivity contribution >= 4 is 35.0 Å². The Morgan fingerprint density at radius 1 is 1.36 bits per heavy atom. The Morgan fingerprint density at radius 2 is 2.04 bits per heavy atom. The first kappa shape index (κ1) is 19.3. The Kier molecular flexibility index (Phi) is 6.83.